The topological polar surface area (TPSA) is 69.2 Å². The van der Waals surface area contributed by atoms with E-state index >= 15 is 0 Å². The van der Waals surface area contributed by atoms with E-state index < -0.39 is 0 Å². The van der Waals surface area contributed by atoms with Gasteiger partial charge in [0.2, 0.25) is 0 Å². The maximum Gasteiger partial charge on any atom is 0.272 e. The van der Waals surface area contributed by atoms with Crippen LogP contribution in [-0.2, 0) is 0 Å². The summed E-state index contributed by atoms with van der Waals surface area (Å²) < 4.78 is 0. The molecule has 0 aliphatic heterocycles. The summed E-state index contributed by atoms with van der Waals surface area (Å²) in [4.78, 5) is 10.5. The van der Waals surface area contributed by atoms with Crippen molar-refractivity contribution >= 4 is 5.69 Å². The zero-order valence-electron chi connectivity index (χ0n) is 10.1. The molecule has 2 N–H and O–H groups in total. The number of nitrogens with zero attached hydrogens (tertiary/aromatic N) is 1. The molecule has 0 aromatic heterocycles. The molecular weight excluding hydrogens is 216 g/mol. The molecule has 0 unspecified atom stereocenters. The predicted molar refractivity (Wildman–Crippen MR) is 66.7 cm³/mol. The second-order valence-electron chi connectivity index (χ2n) is 4.87. The number of hydrogen-bond acceptors (Lipinski definition) is 3. The first-order valence-corrected chi connectivity index (χ1v) is 6.10. The van der Waals surface area contributed by atoms with Gasteiger partial charge in [-0.25, -0.2) is 0 Å². The Labute approximate surface area is 101 Å². The van der Waals surface area contributed by atoms with Gasteiger partial charge in [-0.3, -0.25) is 10.1 Å². The third kappa shape index (κ3) is 2.47. The summed E-state index contributed by atoms with van der Waals surface area (Å²) in [7, 11) is 0. The van der Waals surface area contributed by atoms with Crippen LogP contribution in [0, 0.1) is 23.0 Å². The SMILES string of the molecule is Cc1ccc([C@H](N)C2CCCC2)cc1[N+](=O)[O-]. The summed E-state index contributed by atoms with van der Waals surface area (Å²) in [6, 6.07) is 5.29. The van der Waals surface area contributed by atoms with Gasteiger partial charge in [0.15, 0.2) is 0 Å². The Balaban J connectivity index is 2.26. The smallest absolute Gasteiger partial charge is 0.272 e. The minimum Gasteiger partial charge on any atom is -0.324 e. The number of nitro benzene ring substituents is 1. The lowest BCUT2D eigenvalue weighted by Crippen LogP contribution is -2.19. The molecule has 4 heteroatoms. The highest BCUT2D eigenvalue weighted by molar-refractivity contribution is 5.43. The average molecular weight is 234 g/mol. The largest absolute Gasteiger partial charge is 0.324 e. The second kappa shape index (κ2) is 4.84. The fourth-order valence-corrected chi connectivity index (χ4v) is 2.62. The normalized spacial score (nSPS) is 18.2. The minimum atomic E-state index is -0.333. The number of benzene rings is 1. The van der Waals surface area contributed by atoms with Crippen molar-refractivity contribution in [3.05, 3.63) is 39.4 Å². The number of nitrogens with two attached hydrogens (primary N) is 1. The Kier molecular flexibility index (Phi) is 3.43. The van der Waals surface area contributed by atoms with Crippen molar-refractivity contribution in [1.29, 1.82) is 0 Å². The van der Waals surface area contributed by atoms with Gasteiger partial charge in [-0.05, 0) is 31.2 Å². The highest BCUT2D eigenvalue weighted by Crippen LogP contribution is 2.35. The maximum atomic E-state index is 10.9. The Morgan fingerprint density at radius 3 is 2.65 bits per heavy atom. The summed E-state index contributed by atoms with van der Waals surface area (Å²) in [5.74, 6) is 0.484. The first kappa shape index (κ1) is 12.0. The van der Waals surface area contributed by atoms with Crippen LogP contribution in [-0.4, -0.2) is 4.92 Å². The van der Waals surface area contributed by atoms with Crippen LogP contribution >= 0.6 is 0 Å². The third-order valence-corrected chi connectivity index (χ3v) is 3.72. The molecule has 92 valence electrons. The highest BCUT2D eigenvalue weighted by atomic mass is 16.6. The van der Waals surface area contributed by atoms with Crippen molar-refractivity contribution in [3.8, 4) is 0 Å². The van der Waals surface area contributed by atoms with E-state index in [9.17, 15) is 10.1 Å². The monoisotopic (exact) mass is 234 g/mol. The number of rotatable bonds is 3. The molecule has 0 bridgehead atoms. The molecule has 2 rings (SSSR count). The van der Waals surface area contributed by atoms with Gasteiger partial charge in [0.25, 0.3) is 5.69 Å². The number of nitro groups is 1. The van der Waals surface area contributed by atoms with E-state index in [2.05, 4.69) is 0 Å². The molecule has 1 aliphatic carbocycles. The first-order chi connectivity index (χ1) is 8.09. The molecule has 1 saturated carbocycles. The van der Waals surface area contributed by atoms with Gasteiger partial charge >= 0.3 is 0 Å². The Morgan fingerprint density at radius 1 is 1.41 bits per heavy atom. The fraction of sp³-hybridized carbons (Fsp3) is 0.538. The maximum absolute atomic E-state index is 10.9. The van der Waals surface area contributed by atoms with Gasteiger partial charge in [-0.2, -0.15) is 0 Å². The molecule has 0 amide bonds. The number of hydrogen-bond donors (Lipinski definition) is 1. The summed E-state index contributed by atoms with van der Waals surface area (Å²) in [6.45, 7) is 1.75. The average Bonchev–Trinajstić information content (AvgIpc) is 2.81. The molecule has 1 aromatic carbocycles. The molecule has 0 radical (unpaired) electrons. The molecule has 17 heavy (non-hydrogen) atoms. The van der Waals surface area contributed by atoms with Gasteiger partial charge in [-0.1, -0.05) is 25.0 Å². The van der Waals surface area contributed by atoms with Crippen molar-refractivity contribution < 1.29 is 4.92 Å². The summed E-state index contributed by atoms with van der Waals surface area (Å²) in [6.07, 6.45) is 4.74. The first-order valence-electron chi connectivity index (χ1n) is 6.10. The van der Waals surface area contributed by atoms with Gasteiger partial charge in [0, 0.05) is 17.7 Å². The fourth-order valence-electron chi connectivity index (χ4n) is 2.62. The molecule has 4 nitrogen and oxygen atoms in total. The van der Waals surface area contributed by atoms with Crippen LogP contribution in [0.15, 0.2) is 18.2 Å². The Bertz CT molecular complexity index is 425. The number of aryl methyl sites for hydroxylation is 1. The summed E-state index contributed by atoms with van der Waals surface area (Å²) >= 11 is 0. The van der Waals surface area contributed by atoms with Crippen molar-refractivity contribution in [3.63, 3.8) is 0 Å². The van der Waals surface area contributed by atoms with Crippen molar-refractivity contribution in [2.75, 3.05) is 0 Å². The van der Waals surface area contributed by atoms with Crippen molar-refractivity contribution in [2.24, 2.45) is 11.7 Å². The van der Waals surface area contributed by atoms with Gasteiger partial charge in [-0.15, -0.1) is 0 Å². The van der Waals surface area contributed by atoms with E-state index in [1.165, 1.54) is 12.8 Å². The van der Waals surface area contributed by atoms with Crippen LogP contribution in [0.2, 0.25) is 0 Å². The van der Waals surface area contributed by atoms with E-state index in [4.69, 9.17) is 5.73 Å². The molecule has 1 aromatic rings. The molecule has 1 aliphatic rings. The van der Waals surface area contributed by atoms with Crippen LogP contribution in [0.1, 0.15) is 42.9 Å². The lowest BCUT2D eigenvalue weighted by atomic mass is 9.91. The van der Waals surface area contributed by atoms with Crippen molar-refractivity contribution in [1.82, 2.24) is 0 Å². The van der Waals surface area contributed by atoms with Crippen LogP contribution in [0.25, 0.3) is 0 Å². The predicted octanol–water partition coefficient (Wildman–Crippen LogP) is 3.09. The van der Waals surface area contributed by atoms with E-state index in [0.29, 0.717) is 11.5 Å². The Hall–Kier alpha value is -1.42. The zero-order chi connectivity index (χ0) is 12.4. The molecular formula is C13H18N2O2. The zero-order valence-corrected chi connectivity index (χ0v) is 10.1. The van der Waals surface area contributed by atoms with Gasteiger partial charge in [0.1, 0.15) is 0 Å². The Morgan fingerprint density at radius 2 is 2.06 bits per heavy atom. The quantitative estimate of drug-likeness (QED) is 0.645. The van der Waals surface area contributed by atoms with Crippen molar-refractivity contribution in [2.45, 2.75) is 38.6 Å². The summed E-state index contributed by atoms with van der Waals surface area (Å²) in [5.41, 5.74) is 7.96. The van der Waals surface area contributed by atoms with E-state index in [1.54, 1.807) is 19.1 Å². The minimum absolute atomic E-state index is 0.0585. The van der Waals surface area contributed by atoms with Gasteiger partial charge in [0.05, 0.1) is 4.92 Å². The van der Waals surface area contributed by atoms with Crippen LogP contribution in [0.5, 0.6) is 0 Å². The van der Waals surface area contributed by atoms with Crippen LogP contribution in [0.3, 0.4) is 0 Å². The van der Waals surface area contributed by atoms with E-state index in [0.717, 1.165) is 18.4 Å². The highest BCUT2D eigenvalue weighted by Gasteiger charge is 2.24. The standard InChI is InChI=1S/C13H18N2O2/c1-9-6-7-11(8-12(9)15(16)17)13(14)10-4-2-3-5-10/h6-8,10,13H,2-5,14H2,1H3/t13-/m1/s1. The van der Waals surface area contributed by atoms with Gasteiger partial charge < -0.3 is 5.73 Å². The molecule has 0 spiro atoms. The lowest BCUT2D eigenvalue weighted by Gasteiger charge is -2.19. The van der Waals surface area contributed by atoms with Crippen LogP contribution in [0.4, 0.5) is 5.69 Å². The van der Waals surface area contributed by atoms with Crippen LogP contribution < -0.4 is 5.73 Å². The van der Waals surface area contributed by atoms with E-state index in [-0.39, 0.29) is 16.7 Å². The lowest BCUT2D eigenvalue weighted by molar-refractivity contribution is -0.385. The molecule has 1 atom stereocenters. The molecule has 1 fully saturated rings. The third-order valence-electron chi connectivity index (χ3n) is 3.72. The second-order valence-corrected chi connectivity index (χ2v) is 4.87. The molecule has 0 saturated heterocycles. The summed E-state index contributed by atoms with van der Waals surface area (Å²) in [5, 5.41) is 10.9. The van der Waals surface area contributed by atoms with E-state index in [1.807, 2.05) is 6.07 Å². The molecule has 0 heterocycles.